The van der Waals surface area contributed by atoms with Crippen molar-refractivity contribution in [2.45, 2.75) is 6.92 Å². The molecule has 2 heterocycles. The second-order valence-electron chi connectivity index (χ2n) is 3.17. The smallest absolute Gasteiger partial charge is 0.254 e. The van der Waals surface area contributed by atoms with Gasteiger partial charge in [-0.1, -0.05) is 0 Å². The fourth-order valence-corrected chi connectivity index (χ4v) is 1.64. The van der Waals surface area contributed by atoms with Crippen LogP contribution in [0, 0.1) is 6.92 Å². The zero-order valence-corrected chi connectivity index (χ0v) is 9.58. The molecule has 2 rings (SSSR count). The molecule has 15 heavy (non-hydrogen) atoms. The van der Waals surface area contributed by atoms with Crippen LogP contribution in [0.25, 0.3) is 5.78 Å². The topological polar surface area (TPSA) is 55.1 Å². The molecule has 0 spiro atoms. The van der Waals surface area contributed by atoms with Crippen LogP contribution in [0.2, 0.25) is 0 Å². The first-order chi connectivity index (χ1) is 7.31. The van der Waals surface area contributed by atoms with E-state index in [1.165, 1.54) is 6.33 Å². The van der Waals surface area contributed by atoms with Gasteiger partial charge in [-0.05, 0) is 13.2 Å². The van der Waals surface area contributed by atoms with E-state index in [9.17, 15) is 0 Å². The number of fused-ring (bicyclic) bond motifs is 1. The van der Waals surface area contributed by atoms with Gasteiger partial charge in [0, 0.05) is 24.1 Å². The summed E-state index contributed by atoms with van der Waals surface area (Å²) in [4.78, 5) is 8.33. The van der Waals surface area contributed by atoms with Gasteiger partial charge in [0.1, 0.15) is 12.1 Å². The van der Waals surface area contributed by atoms with Crippen LogP contribution in [0.4, 0.5) is 5.82 Å². The molecule has 2 aromatic heterocycles. The summed E-state index contributed by atoms with van der Waals surface area (Å²) >= 11 is 1.81. The number of hydrogen-bond acceptors (Lipinski definition) is 5. The van der Waals surface area contributed by atoms with Crippen LogP contribution in [0.15, 0.2) is 12.4 Å². The predicted molar refractivity (Wildman–Crippen MR) is 62.4 cm³/mol. The van der Waals surface area contributed by atoms with Gasteiger partial charge >= 0.3 is 0 Å². The van der Waals surface area contributed by atoms with Gasteiger partial charge in [0.2, 0.25) is 0 Å². The highest BCUT2D eigenvalue weighted by Gasteiger charge is 2.03. The quantitative estimate of drug-likeness (QED) is 0.789. The minimum atomic E-state index is 0.640. The Balaban J connectivity index is 2.27. The van der Waals surface area contributed by atoms with Crippen molar-refractivity contribution in [2.75, 3.05) is 23.9 Å². The lowest BCUT2D eigenvalue weighted by atomic mass is 10.4. The molecular weight excluding hydrogens is 210 g/mol. The Kier molecular flexibility index (Phi) is 3.05. The molecule has 0 radical (unpaired) electrons. The molecule has 0 atom stereocenters. The maximum absolute atomic E-state index is 4.27. The van der Waals surface area contributed by atoms with E-state index in [1.54, 1.807) is 4.52 Å². The molecule has 0 aliphatic heterocycles. The Labute approximate surface area is 92.3 Å². The van der Waals surface area contributed by atoms with Crippen LogP contribution >= 0.6 is 11.8 Å². The summed E-state index contributed by atoms with van der Waals surface area (Å²) in [7, 11) is 0. The molecule has 5 nitrogen and oxygen atoms in total. The Morgan fingerprint density at radius 1 is 1.53 bits per heavy atom. The number of nitrogens with zero attached hydrogens (tertiary/aromatic N) is 4. The zero-order chi connectivity index (χ0) is 10.7. The Hall–Kier alpha value is -1.30. The van der Waals surface area contributed by atoms with Gasteiger partial charge in [-0.2, -0.15) is 26.4 Å². The molecule has 0 amide bonds. The monoisotopic (exact) mass is 223 g/mol. The number of aryl methyl sites for hydroxylation is 1. The lowest BCUT2D eigenvalue weighted by Crippen LogP contribution is -2.09. The van der Waals surface area contributed by atoms with E-state index in [2.05, 4.69) is 26.6 Å². The fourth-order valence-electron chi connectivity index (χ4n) is 1.34. The molecule has 80 valence electrons. The maximum atomic E-state index is 4.27. The standard InChI is InChI=1S/C9H13N5S/c1-7-5-8(10-3-4-15-2)14-9(13-7)11-6-12-14/h5-6,10H,3-4H2,1-2H3. The van der Waals surface area contributed by atoms with E-state index < -0.39 is 0 Å². The predicted octanol–water partition coefficient (Wildman–Crippen LogP) is 1.21. The van der Waals surface area contributed by atoms with Gasteiger partial charge < -0.3 is 5.32 Å². The van der Waals surface area contributed by atoms with E-state index in [0.29, 0.717) is 5.78 Å². The Morgan fingerprint density at radius 2 is 2.40 bits per heavy atom. The molecule has 0 aliphatic rings. The van der Waals surface area contributed by atoms with Crippen molar-refractivity contribution in [2.24, 2.45) is 0 Å². The summed E-state index contributed by atoms with van der Waals surface area (Å²) in [5, 5.41) is 7.43. The number of rotatable bonds is 4. The largest absolute Gasteiger partial charge is 0.369 e. The number of aromatic nitrogens is 4. The first-order valence-electron chi connectivity index (χ1n) is 4.71. The van der Waals surface area contributed by atoms with Crippen LogP contribution in [-0.2, 0) is 0 Å². The van der Waals surface area contributed by atoms with E-state index in [4.69, 9.17) is 0 Å². The van der Waals surface area contributed by atoms with Crippen molar-refractivity contribution in [3.05, 3.63) is 18.1 Å². The van der Waals surface area contributed by atoms with E-state index in [1.807, 2.05) is 24.8 Å². The van der Waals surface area contributed by atoms with Crippen molar-refractivity contribution in [3.8, 4) is 0 Å². The number of nitrogens with one attached hydrogen (secondary N) is 1. The number of hydrogen-bond donors (Lipinski definition) is 1. The van der Waals surface area contributed by atoms with Gasteiger partial charge in [0.05, 0.1) is 0 Å². The normalized spacial score (nSPS) is 10.8. The average Bonchev–Trinajstić information content (AvgIpc) is 2.65. The molecule has 0 bridgehead atoms. The second kappa shape index (κ2) is 4.48. The third-order valence-corrected chi connectivity index (χ3v) is 2.60. The van der Waals surface area contributed by atoms with Gasteiger partial charge in [-0.3, -0.25) is 0 Å². The third-order valence-electron chi connectivity index (χ3n) is 1.99. The van der Waals surface area contributed by atoms with Crippen molar-refractivity contribution in [1.29, 1.82) is 0 Å². The van der Waals surface area contributed by atoms with Crippen LogP contribution < -0.4 is 5.32 Å². The minimum Gasteiger partial charge on any atom is -0.369 e. The van der Waals surface area contributed by atoms with Crippen molar-refractivity contribution in [1.82, 2.24) is 19.6 Å². The lowest BCUT2D eigenvalue weighted by molar-refractivity contribution is 0.923. The number of thioether (sulfide) groups is 1. The summed E-state index contributed by atoms with van der Waals surface area (Å²) in [6, 6.07) is 1.97. The molecular formula is C9H13N5S. The highest BCUT2D eigenvalue weighted by Crippen LogP contribution is 2.09. The van der Waals surface area contributed by atoms with Crippen molar-refractivity contribution >= 4 is 23.4 Å². The van der Waals surface area contributed by atoms with Crippen LogP contribution in [0.1, 0.15) is 5.69 Å². The van der Waals surface area contributed by atoms with Crippen LogP contribution in [0.5, 0.6) is 0 Å². The average molecular weight is 223 g/mol. The summed E-state index contributed by atoms with van der Waals surface area (Å²) in [5.41, 5.74) is 0.946. The van der Waals surface area contributed by atoms with Crippen molar-refractivity contribution < 1.29 is 0 Å². The molecule has 0 saturated heterocycles. The fraction of sp³-hybridized carbons (Fsp3) is 0.444. The summed E-state index contributed by atoms with van der Waals surface area (Å²) in [5.74, 6) is 2.66. The SMILES string of the molecule is CSCCNc1cc(C)nc2ncnn12. The molecule has 6 heteroatoms. The Morgan fingerprint density at radius 3 is 3.20 bits per heavy atom. The molecule has 0 aromatic carbocycles. The molecule has 0 aliphatic carbocycles. The minimum absolute atomic E-state index is 0.640. The van der Waals surface area contributed by atoms with E-state index in [-0.39, 0.29) is 0 Å². The second-order valence-corrected chi connectivity index (χ2v) is 4.16. The van der Waals surface area contributed by atoms with E-state index in [0.717, 1.165) is 23.8 Å². The molecule has 1 N–H and O–H groups in total. The summed E-state index contributed by atoms with van der Waals surface area (Å²) < 4.78 is 1.72. The molecule has 0 fully saturated rings. The first-order valence-corrected chi connectivity index (χ1v) is 6.11. The van der Waals surface area contributed by atoms with Crippen LogP contribution in [-0.4, -0.2) is 38.1 Å². The highest BCUT2D eigenvalue weighted by atomic mass is 32.2. The highest BCUT2D eigenvalue weighted by molar-refractivity contribution is 7.98. The zero-order valence-electron chi connectivity index (χ0n) is 8.77. The van der Waals surface area contributed by atoms with Gasteiger partial charge in [-0.15, -0.1) is 0 Å². The van der Waals surface area contributed by atoms with E-state index >= 15 is 0 Å². The molecule has 0 saturated carbocycles. The molecule has 2 aromatic rings. The van der Waals surface area contributed by atoms with Crippen LogP contribution in [0.3, 0.4) is 0 Å². The summed E-state index contributed by atoms with van der Waals surface area (Å²) in [6.45, 7) is 2.87. The maximum Gasteiger partial charge on any atom is 0.254 e. The third kappa shape index (κ3) is 2.20. The van der Waals surface area contributed by atoms with Gasteiger partial charge in [-0.25, -0.2) is 4.98 Å². The van der Waals surface area contributed by atoms with Gasteiger partial charge in [0.25, 0.3) is 5.78 Å². The Bertz CT molecular complexity index is 453. The lowest BCUT2D eigenvalue weighted by Gasteiger charge is -2.07. The van der Waals surface area contributed by atoms with Gasteiger partial charge in [0.15, 0.2) is 0 Å². The summed E-state index contributed by atoms with van der Waals surface area (Å²) in [6.07, 6.45) is 3.60. The van der Waals surface area contributed by atoms with Crippen molar-refractivity contribution in [3.63, 3.8) is 0 Å². The molecule has 0 unspecified atom stereocenters. The number of anilines is 1. The first kappa shape index (κ1) is 10.2.